The van der Waals surface area contributed by atoms with Gasteiger partial charge >= 0.3 is 0 Å². The molecule has 1 aromatic carbocycles. The highest BCUT2D eigenvalue weighted by molar-refractivity contribution is 5.55. The van der Waals surface area contributed by atoms with E-state index in [1.165, 1.54) is 62.7 Å². The quantitative estimate of drug-likeness (QED) is 0.910. The van der Waals surface area contributed by atoms with Crippen LogP contribution in [0.1, 0.15) is 51.0 Å². The average Bonchev–Trinajstić information content (AvgIpc) is 2.71. The van der Waals surface area contributed by atoms with Gasteiger partial charge in [0.25, 0.3) is 0 Å². The fraction of sp³-hybridized carbons (Fsp3) is 0.684. The van der Waals surface area contributed by atoms with Gasteiger partial charge in [0.2, 0.25) is 0 Å². The van der Waals surface area contributed by atoms with Crippen molar-refractivity contribution in [2.45, 2.75) is 57.9 Å². The van der Waals surface area contributed by atoms with Crippen LogP contribution in [0.4, 0.5) is 5.69 Å². The minimum atomic E-state index is 0.534. The van der Waals surface area contributed by atoms with Crippen LogP contribution in [0.3, 0.4) is 0 Å². The molecule has 1 aliphatic heterocycles. The number of hydrogen-bond donors (Lipinski definition) is 1. The van der Waals surface area contributed by atoms with E-state index in [1.54, 1.807) is 0 Å². The lowest BCUT2D eigenvalue weighted by molar-refractivity contribution is 0.241. The van der Waals surface area contributed by atoms with Crippen molar-refractivity contribution in [1.29, 1.82) is 0 Å². The van der Waals surface area contributed by atoms with Crippen LogP contribution in [0.15, 0.2) is 24.3 Å². The molecule has 3 unspecified atom stereocenters. The van der Waals surface area contributed by atoms with Crippen molar-refractivity contribution in [3.63, 3.8) is 0 Å². The Labute approximate surface area is 129 Å². The van der Waals surface area contributed by atoms with Gasteiger partial charge < -0.3 is 10.6 Å². The monoisotopic (exact) mass is 286 g/mol. The van der Waals surface area contributed by atoms with E-state index in [0.717, 1.165) is 18.4 Å². The number of hydrogen-bond acceptors (Lipinski definition) is 2. The largest absolute Gasteiger partial charge is 0.367 e. The van der Waals surface area contributed by atoms with E-state index in [-0.39, 0.29) is 0 Å². The van der Waals surface area contributed by atoms with Crippen molar-refractivity contribution >= 4 is 5.69 Å². The van der Waals surface area contributed by atoms with E-state index >= 15 is 0 Å². The first-order valence-electron chi connectivity index (χ1n) is 8.84. The van der Waals surface area contributed by atoms with Crippen molar-refractivity contribution in [3.05, 3.63) is 29.8 Å². The van der Waals surface area contributed by atoms with Gasteiger partial charge in [-0.1, -0.05) is 38.0 Å². The molecular weight excluding hydrogens is 256 g/mol. The third-order valence-electron chi connectivity index (χ3n) is 5.56. The molecule has 0 saturated heterocycles. The normalized spacial score (nSPS) is 27.8. The fourth-order valence-electron chi connectivity index (χ4n) is 4.47. The van der Waals surface area contributed by atoms with Gasteiger partial charge in [-0.15, -0.1) is 0 Å². The maximum Gasteiger partial charge on any atom is 0.0440 e. The summed E-state index contributed by atoms with van der Waals surface area (Å²) in [5.41, 5.74) is 9.23. The summed E-state index contributed by atoms with van der Waals surface area (Å²) in [5.74, 6) is 1.66. The van der Waals surface area contributed by atoms with E-state index in [2.05, 4.69) is 36.1 Å². The van der Waals surface area contributed by atoms with Gasteiger partial charge in [0.05, 0.1) is 0 Å². The zero-order chi connectivity index (χ0) is 14.7. The summed E-state index contributed by atoms with van der Waals surface area (Å²) >= 11 is 0. The predicted octanol–water partition coefficient (Wildman–Crippen LogP) is 3.98. The molecule has 2 heteroatoms. The van der Waals surface area contributed by atoms with Crippen molar-refractivity contribution in [2.75, 3.05) is 18.0 Å². The molecule has 0 spiro atoms. The summed E-state index contributed by atoms with van der Waals surface area (Å²) < 4.78 is 0. The number of benzene rings is 1. The summed E-state index contributed by atoms with van der Waals surface area (Å²) in [5, 5.41) is 0. The van der Waals surface area contributed by atoms with Crippen LogP contribution in [0, 0.1) is 11.8 Å². The van der Waals surface area contributed by atoms with Gasteiger partial charge in [-0.2, -0.15) is 0 Å². The molecule has 2 N–H and O–H groups in total. The molecule has 2 aliphatic rings. The topological polar surface area (TPSA) is 29.3 Å². The summed E-state index contributed by atoms with van der Waals surface area (Å²) in [6, 6.07) is 9.53. The van der Waals surface area contributed by atoms with Gasteiger partial charge in [-0.3, -0.25) is 0 Å². The number of rotatable bonds is 3. The smallest absolute Gasteiger partial charge is 0.0440 e. The molecule has 3 rings (SSSR count). The van der Waals surface area contributed by atoms with Gasteiger partial charge in [0, 0.05) is 24.8 Å². The van der Waals surface area contributed by atoms with E-state index in [0.29, 0.717) is 6.04 Å². The second-order valence-corrected chi connectivity index (χ2v) is 7.11. The van der Waals surface area contributed by atoms with Crippen LogP contribution < -0.4 is 10.6 Å². The molecule has 1 saturated carbocycles. The standard InChI is InChI=1S/C19H30N2/c1-15-7-6-10-17(13-15)19(14-20)21-12-5-4-9-16-8-2-3-11-18(16)21/h2-3,8,11,15,17,19H,4-7,9-10,12-14,20H2,1H3. The molecule has 0 bridgehead atoms. The molecule has 3 atom stereocenters. The Bertz CT molecular complexity index is 457. The van der Waals surface area contributed by atoms with Gasteiger partial charge in [-0.25, -0.2) is 0 Å². The molecule has 116 valence electrons. The van der Waals surface area contributed by atoms with Gasteiger partial charge in [0.1, 0.15) is 0 Å². The molecule has 1 aliphatic carbocycles. The lowest BCUT2D eigenvalue weighted by atomic mass is 9.78. The first kappa shape index (κ1) is 14.9. The van der Waals surface area contributed by atoms with Crippen molar-refractivity contribution in [1.82, 2.24) is 0 Å². The second kappa shape index (κ2) is 6.83. The lowest BCUT2D eigenvalue weighted by Crippen LogP contribution is -2.47. The Morgan fingerprint density at radius 2 is 2.05 bits per heavy atom. The molecule has 0 radical (unpaired) electrons. The van der Waals surface area contributed by atoms with E-state index in [1.807, 2.05) is 0 Å². The Kier molecular flexibility index (Phi) is 4.84. The Balaban J connectivity index is 1.85. The van der Waals surface area contributed by atoms with Crippen molar-refractivity contribution < 1.29 is 0 Å². The van der Waals surface area contributed by atoms with Crippen LogP contribution in [0.5, 0.6) is 0 Å². The Hall–Kier alpha value is -1.02. The predicted molar refractivity (Wildman–Crippen MR) is 90.7 cm³/mol. The highest BCUT2D eigenvalue weighted by Gasteiger charge is 2.31. The van der Waals surface area contributed by atoms with Crippen molar-refractivity contribution in [3.8, 4) is 0 Å². The third-order valence-corrected chi connectivity index (χ3v) is 5.56. The number of aryl methyl sites for hydroxylation is 1. The number of fused-ring (bicyclic) bond motifs is 1. The van der Waals surface area contributed by atoms with Gasteiger partial charge in [0.15, 0.2) is 0 Å². The first-order chi connectivity index (χ1) is 10.3. The lowest BCUT2D eigenvalue weighted by Gasteiger charge is -2.41. The minimum Gasteiger partial charge on any atom is -0.367 e. The molecule has 21 heavy (non-hydrogen) atoms. The molecule has 1 aromatic rings. The van der Waals surface area contributed by atoms with E-state index in [9.17, 15) is 0 Å². The first-order valence-corrected chi connectivity index (χ1v) is 8.84. The van der Waals surface area contributed by atoms with Crippen molar-refractivity contribution in [2.24, 2.45) is 17.6 Å². The summed E-state index contributed by atoms with van der Waals surface area (Å²) in [7, 11) is 0. The zero-order valence-electron chi connectivity index (χ0n) is 13.4. The van der Waals surface area contributed by atoms with Crippen LogP contribution >= 0.6 is 0 Å². The number of para-hydroxylation sites is 1. The third kappa shape index (κ3) is 3.26. The van der Waals surface area contributed by atoms with Crippen LogP contribution in [-0.2, 0) is 6.42 Å². The minimum absolute atomic E-state index is 0.534. The number of nitrogens with zero attached hydrogens (tertiary/aromatic N) is 1. The molecule has 0 aromatic heterocycles. The summed E-state index contributed by atoms with van der Waals surface area (Å²) in [6.45, 7) is 4.39. The molecule has 2 nitrogen and oxygen atoms in total. The molecule has 0 amide bonds. The molecular formula is C19H30N2. The summed E-state index contributed by atoms with van der Waals surface area (Å²) in [6.07, 6.45) is 9.36. The maximum absolute atomic E-state index is 6.25. The Morgan fingerprint density at radius 1 is 1.19 bits per heavy atom. The summed E-state index contributed by atoms with van der Waals surface area (Å²) in [4.78, 5) is 2.66. The number of nitrogens with two attached hydrogens (primary N) is 1. The number of anilines is 1. The van der Waals surface area contributed by atoms with Crippen LogP contribution in [-0.4, -0.2) is 19.1 Å². The highest BCUT2D eigenvalue weighted by Crippen LogP contribution is 2.36. The van der Waals surface area contributed by atoms with Crippen LogP contribution in [0.25, 0.3) is 0 Å². The SMILES string of the molecule is CC1CCCC(C(CN)N2CCCCc3ccccc32)C1. The van der Waals surface area contributed by atoms with E-state index < -0.39 is 0 Å². The Morgan fingerprint density at radius 3 is 2.86 bits per heavy atom. The molecule has 1 heterocycles. The highest BCUT2D eigenvalue weighted by atomic mass is 15.2. The molecule has 1 fully saturated rings. The van der Waals surface area contributed by atoms with E-state index in [4.69, 9.17) is 5.73 Å². The fourth-order valence-corrected chi connectivity index (χ4v) is 4.47. The van der Waals surface area contributed by atoms with Crippen LogP contribution in [0.2, 0.25) is 0 Å². The maximum atomic E-state index is 6.25. The van der Waals surface area contributed by atoms with Gasteiger partial charge in [-0.05, 0) is 55.6 Å². The zero-order valence-corrected chi connectivity index (χ0v) is 13.4. The average molecular weight is 286 g/mol. The second-order valence-electron chi connectivity index (χ2n) is 7.11.